The van der Waals surface area contributed by atoms with E-state index in [0.29, 0.717) is 30.0 Å². The summed E-state index contributed by atoms with van der Waals surface area (Å²) in [5.74, 6) is 0.398. The maximum Gasteiger partial charge on any atom is 0.410 e. The molecular weight excluding hydrogens is 487 g/mol. The number of benzene rings is 2. The molecule has 0 bridgehead atoms. The highest BCUT2D eigenvalue weighted by Crippen LogP contribution is 2.45. The first-order valence-electron chi connectivity index (χ1n) is 11.8. The largest absolute Gasteiger partial charge is 0.493 e. The summed E-state index contributed by atoms with van der Waals surface area (Å²) in [6.07, 6.45) is -1.22. The standard InChI is InChI=1S/C26H26F3N5O3/c1-36-21-8-7-15(11-22(21)37-2)20-12-23(26(27,28)29)34-24(33-20)18(14-32-34)25(35)30-10-9-16-13-31-19-6-4-3-5-17(16)19/h3-8,11,13-14,20,23,31,33H,9-10,12H2,1-2H3,(H,30,35)/t20-,23+/m1/s1. The van der Waals surface area contributed by atoms with Gasteiger partial charge >= 0.3 is 6.18 Å². The monoisotopic (exact) mass is 513 g/mol. The van der Waals surface area contributed by atoms with Crippen LogP contribution in [-0.2, 0) is 6.42 Å². The van der Waals surface area contributed by atoms with Crippen molar-refractivity contribution in [2.45, 2.75) is 31.1 Å². The first-order valence-corrected chi connectivity index (χ1v) is 11.8. The normalized spacial score (nSPS) is 17.2. The van der Waals surface area contributed by atoms with E-state index in [9.17, 15) is 18.0 Å². The molecule has 0 fully saturated rings. The zero-order chi connectivity index (χ0) is 26.2. The Bertz CT molecular complexity index is 1430. The van der Waals surface area contributed by atoms with Gasteiger partial charge in [-0.3, -0.25) is 4.79 Å². The summed E-state index contributed by atoms with van der Waals surface area (Å²) >= 11 is 0. The number of amides is 1. The summed E-state index contributed by atoms with van der Waals surface area (Å²) in [4.78, 5) is 16.2. The van der Waals surface area contributed by atoms with Crippen molar-refractivity contribution in [3.63, 3.8) is 0 Å². The smallest absolute Gasteiger partial charge is 0.410 e. The zero-order valence-corrected chi connectivity index (χ0v) is 20.2. The molecule has 5 rings (SSSR count). The highest BCUT2D eigenvalue weighted by atomic mass is 19.4. The number of alkyl halides is 3. The van der Waals surface area contributed by atoms with Crippen LogP contribution in [0.1, 0.15) is 40.0 Å². The molecule has 1 aliphatic rings. The highest BCUT2D eigenvalue weighted by molar-refractivity contribution is 5.99. The van der Waals surface area contributed by atoms with Gasteiger partial charge in [0.2, 0.25) is 0 Å². The number of aromatic nitrogens is 3. The molecule has 2 aromatic carbocycles. The molecule has 0 saturated carbocycles. The van der Waals surface area contributed by atoms with E-state index in [4.69, 9.17) is 9.47 Å². The number of hydrogen-bond donors (Lipinski definition) is 3. The van der Waals surface area contributed by atoms with E-state index in [1.54, 1.807) is 18.2 Å². The highest BCUT2D eigenvalue weighted by Gasteiger charge is 2.47. The van der Waals surface area contributed by atoms with Crippen molar-refractivity contribution < 1.29 is 27.4 Å². The summed E-state index contributed by atoms with van der Waals surface area (Å²) in [6, 6.07) is 10.2. The predicted molar refractivity (Wildman–Crippen MR) is 132 cm³/mol. The molecule has 1 aliphatic heterocycles. The van der Waals surface area contributed by atoms with Crippen molar-refractivity contribution in [1.29, 1.82) is 0 Å². The summed E-state index contributed by atoms with van der Waals surface area (Å²) < 4.78 is 53.5. The number of nitrogens with zero attached hydrogens (tertiary/aromatic N) is 2. The molecule has 3 N–H and O–H groups in total. The molecule has 1 amide bonds. The first kappa shape index (κ1) is 24.5. The van der Waals surface area contributed by atoms with E-state index in [2.05, 4.69) is 20.7 Å². The van der Waals surface area contributed by atoms with Crippen molar-refractivity contribution in [2.24, 2.45) is 0 Å². The summed E-state index contributed by atoms with van der Waals surface area (Å²) in [5.41, 5.74) is 2.67. The van der Waals surface area contributed by atoms with Crippen LogP contribution in [0.5, 0.6) is 11.5 Å². The van der Waals surface area contributed by atoms with E-state index in [1.165, 1.54) is 20.4 Å². The second-order valence-electron chi connectivity index (χ2n) is 8.82. The van der Waals surface area contributed by atoms with Gasteiger partial charge in [0.05, 0.1) is 26.5 Å². The van der Waals surface area contributed by atoms with Gasteiger partial charge in [-0.2, -0.15) is 18.3 Å². The Morgan fingerprint density at radius 1 is 1.16 bits per heavy atom. The summed E-state index contributed by atoms with van der Waals surface area (Å²) in [7, 11) is 2.94. The fourth-order valence-electron chi connectivity index (χ4n) is 4.76. The predicted octanol–water partition coefficient (Wildman–Crippen LogP) is 5.01. The molecule has 0 radical (unpaired) electrons. The minimum absolute atomic E-state index is 0.0259. The number of para-hydroxylation sites is 1. The Labute approximate surface area is 210 Å². The summed E-state index contributed by atoms with van der Waals surface area (Å²) in [6.45, 7) is 0.313. The van der Waals surface area contributed by atoms with E-state index in [1.807, 2.05) is 30.5 Å². The van der Waals surface area contributed by atoms with Gasteiger partial charge in [-0.25, -0.2) is 4.68 Å². The lowest BCUT2D eigenvalue weighted by atomic mass is 9.96. The zero-order valence-electron chi connectivity index (χ0n) is 20.2. The van der Waals surface area contributed by atoms with E-state index < -0.39 is 24.2 Å². The van der Waals surface area contributed by atoms with E-state index in [-0.39, 0.29) is 17.8 Å². The third kappa shape index (κ3) is 4.68. The lowest BCUT2D eigenvalue weighted by Gasteiger charge is -2.34. The topological polar surface area (TPSA) is 93.2 Å². The van der Waals surface area contributed by atoms with Gasteiger partial charge in [-0.05, 0) is 35.7 Å². The third-order valence-corrected chi connectivity index (χ3v) is 6.65. The minimum atomic E-state index is -4.55. The quantitative estimate of drug-likeness (QED) is 0.323. The maximum atomic E-state index is 14.0. The molecule has 4 aromatic rings. The van der Waals surface area contributed by atoms with Gasteiger partial charge in [0.15, 0.2) is 17.5 Å². The molecule has 3 heterocycles. The van der Waals surface area contributed by atoms with Gasteiger partial charge in [-0.1, -0.05) is 24.3 Å². The van der Waals surface area contributed by atoms with Crippen LogP contribution in [0.15, 0.2) is 54.9 Å². The number of ether oxygens (including phenoxy) is 2. The number of hydrogen-bond acceptors (Lipinski definition) is 5. The third-order valence-electron chi connectivity index (χ3n) is 6.65. The van der Waals surface area contributed by atoms with Crippen LogP contribution in [0.2, 0.25) is 0 Å². The van der Waals surface area contributed by atoms with Crippen LogP contribution in [0, 0.1) is 0 Å². The number of rotatable bonds is 7. The lowest BCUT2D eigenvalue weighted by Crippen LogP contribution is -2.36. The van der Waals surface area contributed by atoms with Gasteiger partial charge in [0.1, 0.15) is 11.4 Å². The first-order chi connectivity index (χ1) is 17.8. The van der Waals surface area contributed by atoms with Crippen LogP contribution in [0.4, 0.5) is 19.0 Å². The summed E-state index contributed by atoms with van der Waals surface area (Å²) in [5, 5.41) is 10.9. The SMILES string of the molecule is COc1ccc([C@H]2C[C@@H](C(F)(F)F)n3ncc(C(=O)NCCc4c[nH]c5ccccc45)c3N2)cc1OC. The van der Waals surface area contributed by atoms with Gasteiger partial charge in [0.25, 0.3) is 5.91 Å². The second kappa shape index (κ2) is 9.72. The van der Waals surface area contributed by atoms with E-state index >= 15 is 0 Å². The Hall–Kier alpha value is -4.15. The Kier molecular flexibility index (Phi) is 6.45. The molecule has 2 atom stereocenters. The van der Waals surface area contributed by atoms with Gasteiger partial charge < -0.3 is 25.1 Å². The Morgan fingerprint density at radius 2 is 1.95 bits per heavy atom. The molecule has 11 heteroatoms. The van der Waals surface area contributed by atoms with Crippen molar-refractivity contribution in [1.82, 2.24) is 20.1 Å². The number of nitrogens with one attached hydrogen (secondary N) is 3. The average molecular weight is 514 g/mol. The molecule has 37 heavy (non-hydrogen) atoms. The molecular formula is C26H26F3N5O3. The number of halogens is 3. The van der Waals surface area contributed by atoms with Crippen LogP contribution < -0.4 is 20.1 Å². The average Bonchev–Trinajstić information content (AvgIpc) is 3.51. The van der Waals surface area contributed by atoms with Crippen molar-refractivity contribution in [2.75, 3.05) is 26.1 Å². The van der Waals surface area contributed by atoms with Gasteiger partial charge in [-0.15, -0.1) is 0 Å². The van der Waals surface area contributed by atoms with Crippen LogP contribution >= 0.6 is 0 Å². The molecule has 0 unspecified atom stereocenters. The minimum Gasteiger partial charge on any atom is -0.493 e. The number of aromatic amines is 1. The lowest BCUT2D eigenvalue weighted by molar-refractivity contribution is -0.173. The van der Waals surface area contributed by atoms with Gasteiger partial charge in [0, 0.05) is 30.1 Å². The molecule has 0 spiro atoms. The van der Waals surface area contributed by atoms with Crippen molar-refractivity contribution in [3.05, 3.63) is 71.5 Å². The van der Waals surface area contributed by atoms with Crippen molar-refractivity contribution in [3.8, 4) is 11.5 Å². The number of fused-ring (bicyclic) bond motifs is 2. The van der Waals surface area contributed by atoms with Crippen LogP contribution in [-0.4, -0.2) is 47.6 Å². The van der Waals surface area contributed by atoms with Crippen molar-refractivity contribution >= 4 is 22.6 Å². The number of carbonyl (C=O) groups excluding carboxylic acids is 1. The molecule has 0 saturated heterocycles. The number of H-pyrrole nitrogens is 1. The number of anilines is 1. The number of carbonyl (C=O) groups is 1. The fourth-order valence-corrected chi connectivity index (χ4v) is 4.76. The van der Waals surface area contributed by atoms with Crippen LogP contribution in [0.3, 0.4) is 0 Å². The molecule has 0 aliphatic carbocycles. The number of methoxy groups -OCH3 is 2. The Morgan fingerprint density at radius 3 is 2.70 bits per heavy atom. The fraction of sp³-hybridized carbons (Fsp3) is 0.308. The Balaban J connectivity index is 1.37. The molecule has 2 aromatic heterocycles. The molecule has 194 valence electrons. The van der Waals surface area contributed by atoms with Crippen LogP contribution in [0.25, 0.3) is 10.9 Å². The molecule has 8 nitrogen and oxygen atoms in total. The second-order valence-corrected chi connectivity index (χ2v) is 8.82. The maximum absolute atomic E-state index is 14.0. The van der Waals surface area contributed by atoms with E-state index in [0.717, 1.165) is 21.1 Å².